The van der Waals surface area contributed by atoms with Gasteiger partial charge in [0.2, 0.25) is 5.91 Å². The van der Waals surface area contributed by atoms with E-state index in [9.17, 15) is 29.1 Å². The van der Waals surface area contributed by atoms with E-state index in [1.165, 1.54) is 28.8 Å². The second kappa shape index (κ2) is 18.7. The fourth-order valence-corrected chi connectivity index (χ4v) is 10.8. The third-order valence-electron chi connectivity index (χ3n) is 12.6. The van der Waals surface area contributed by atoms with Gasteiger partial charge in [-0.2, -0.15) is 0 Å². The van der Waals surface area contributed by atoms with Crippen molar-refractivity contribution in [1.29, 1.82) is 0 Å². The zero-order valence-corrected chi connectivity index (χ0v) is 38.7. The summed E-state index contributed by atoms with van der Waals surface area (Å²) in [4.78, 5) is 65.4. The van der Waals surface area contributed by atoms with Crippen molar-refractivity contribution in [3.8, 4) is 39.7 Å². The Kier molecular flexibility index (Phi) is 12.2. The SMILES string of the molecule is Cc1cc(OCCNC(=O)c2cc(N)cc(N)c2)ccc1-c1c2ccc(=O)cc-2oc2cc(OCc3ccc(OCC4=C(C(=O)O)N5C(=O)C(NC(=O)Cc6ccccc6)C5SC45CC5)cc3)ccc12. The first-order valence-corrected chi connectivity index (χ1v) is 23.5. The van der Waals surface area contributed by atoms with Gasteiger partial charge in [0.25, 0.3) is 11.8 Å². The van der Waals surface area contributed by atoms with Crippen LogP contribution in [0.4, 0.5) is 11.4 Å². The van der Waals surface area contributed by atoms with E-state index in [1.54, 1.807) is 42.5 Å². The van der Waals surface area contributed by atoms with Gasteiger partial charge in [-0.15, -0.1) is 11.8 Å². The van der Waals surface area contributed by atoms with E-state index in [0.29, 0.717) is 51.1 Å². The van der Waals surface area contributed by atoms with Crippen LogP contribution in [0.3, 0.4) is 0 Å². The number of nitrogens with two attached hydrogens (primary N) is 2. The summed E-state index contributed by atoms with van der Waals surface area (Å²) >= 11 is 1.52. The highest BCUT2D eigenvalue weighted by atomic mass is 32.2. The Morgan fingerprint density at radius 2 is 1.49 bits per heavy atom. The van der Waals surface area contributed by atoms with Crippen LogP contribution >= 0.6 is 11.8 Å². The predicted octanol–water partition coefficient (Wildman–Crippen LogP) is 7.32. The predicted molar refractivity (Wildman–Crippen MR) is 266 cm³/mol. The second-order valence-electron chi connectivity index (χ2n) is 17.5. The molecule has 3 aliphatic heterocycles. The number of fused-ring (bicyclic) bond motifs is 3. The molecule has 0 aromatic heterocycles. The highest BCUT2D eigenvalue weighted by Gasteiger charge is 2.63. The third-order valence-corrected chi connectivity index (χ3v) is 14.5. The van der Waals surface area contributed by atoms with Gasteiger partial charge in [0.15, 0.2) is 5.43 Å². The summed E-state index contributed by atoms with van der Waals surface area (Å²) in [5, 5.41) is 16.3. The summed E-state index contributed by atoms with van der Waals surface area (Å²) in [7, 11) is 0. The molecule has 2 fully saturated rings. The van der Waals surface area contributed by atoms with Crippen LogP contribution in [-0.4, -0.2) is 69.6 Å². The zero-order chi connectivity index (χ0) is 48.7. The van der Waals surface area contributed by atoms with Gasteiger partial charge >= 0.3 is 5.97 Å². The molecule has 5 aromatic rings. The standard InChI is InChI=1S/C54H47N5O10S/c1-30-21-38(66-20-19-57-50(62)33-23-34(55)25-35(56)24-33)12-15-40(30)47-41-14-9-36(60)26-44(41)69-45-27-39(13-16-42(45)47)67-28-32-7-10-37(11-8-32)68-29-43-49(53(64)65)59-51(63)48(52(59)70-54(43)17-18-54)58-46(61)22-31-5-3-2-4-6-31/h2-16,21,23-27,48,52H,17-20,22,28-29,55-56H2,1H3,(H,57,62)(H,58,61)(H,64,65). The molecule has 10 rings (SSSR count). The average Bonchev–Trinajstić information content (AvgIpc) is 4.12. The molecule has 3 heterocycles. The van der Waals surface area contributed by atoms with E-state index in [4.69, 9.17) is 30.1 Å². The Morgan fingerprint density at radius 3 is 2.21 bits per heavy atom. The number of carboxylic acids is 1. The van der Waals surface area contributed by atoms with Crippen molar-refractivity contribution in [2.24, 2.45) is 0 Å². The van der Waals surface area contributed by atoms with Gasteiger partial charge in [0.05, 0.1) is 13.0 Å². The first-order valence-electron chi connectivity index (χ1n) is 22.7. The quantitative estimate of drug-likeness (QED) is 0.0277. The molecule has 1 spiro atoms. The lowest BCUT2D eigenvalue weighted by atomic mass is 9.91. The molecule has 5 aromatic carbocycles. The Hall–Kier alpha value is -8.24. The maximum Gasteiger partial charge on any atom is 0.352 e. The number of β-lactam (4-membered cyclic amide) rings is 1. The van der Waals surface area contributed by atoms with Gasteiger partial charge in [-0.05, 0) is 109 Å². The van der Waals surface area contributed by atoms with Crippen molar-refractivity contribution in [2.75, 3.05) is 31.2 Å². The number of aliphatic carboxylic acids is 1. The molecule has 16 heteroatoms. The van der Waals surface area contributed by atoms with Gasteiger partial charge in [0, 0.05) is 55.9 Å². The topological polar surface area (TPSA) is 226 Å². The van der Waals surface area contributed by atoms with Crippen molar-refractivity contribution < 1.29 is 42.9 Å². The summed E-state index contributed by atoms with van der Waals surface area (Å²) < 4.78 is 24.2. The summed E-state index contributed by atoms with van der Waals surface area (Å²) in [6.45, 7) is 2.66. The van der Waals surface area contributed by atoms with Crippen molar-refractivity contribution in [3.05, 3.63) is 171 Å². The fourth-order valence-electron chi connectivity index (χ4n) is 9.07. The molecule has 15 nitrogen and oxygen atoms in total. The van der Waals surface area contributed by atoms with Crippen LogP contribution in [0.15, 0.2) is 148 Å². The van der Waals surface area contributed by atoms with Crippen LogP contribution < -0.4 is 41.7 Å². The number of amides is 3. The lowest BCUT2D eigenvalue weighted by Crippen LogP contribution is -2.71. The smallest absolute Gasteiger partial charge is 0.352 e. The maximum absolute atomic E-state index is 13.4. The number of anilines is 2. The molecular formula is C54H47N5O10S. The zero-order valence-electron chi connectivity index (χ0n) is 37.9. The molecular weight excluding hydrogens is 911 g/mol. The summed E-state index contributed by atoms with van der Waals surface area (Å²) in [5.74, 6) is -0.153. The van der Waals surface area contributed by atoms with Crippen molar-refractivity contribution in [1.82, 2.24) is 15.5 Å². The molecule has 5 aliphatic rings. The number of hydrogen-bond acceptors (Lipinski definition) is 12. The molecule has 1 saturated carbocycles. The summed E-state index contributed by atoms with van der Waals surface area (Å²) in [5.41, 5.74) is 18.8. The minimum Gasteiger partial charge on any atom is -0.492 e. The lowest BCUT2D eigenvalue weighted by Gasteiger charge is -2.51. The Balaban J connectivity index is 0.788. The van der Waals surface area contributed by atoms with Crippen molar-refractivity contribution >= 4 is 57.8 Å². The van der Waals surface area contributed by atoms with Crippen LogP contribution in [0.5, 0.6) is 17.2 Å². The summed E-state index contributed by atoms with van der Waals surface area (Å²) in [6, 6.07) is 36.5. The molecule has 2 aliphatic carbocycles. The van der Waals surface area contributed by atoms with Crippen molar-refractivity contribution in [2.45, 2.75) is 49.0 Å². The lowest BCUT2D eigenvalue weighted by molar-refractivity contribution is -0.150. The molecule has 0 bridgehead atoms. The van der Waals surface area contributed by atoms with E-state index >= 15 is 0 Å². The Morgan fingerprint density at radius 1 is 0.786 bits per heavy atom. The molecule has 7 N–H and O–H groups in total. The van der Waals surface area contributed by atoms with Crippen LogP contribution in [0.2, 0.25) is 0 Å². The number of thioether (sulfide) groups is 1. The van der Waals surface area contributed by atoms with Crippen molar-refractivity contribution in [3.63, 3.8) is 0 Å². The van der Waals surface area contributed by atoms with Gasteiger partial charge < -0.3 is 45.8 Å². The van der Waals surface area contributed by atoms with Crippen LogP contribution in [0.25, 0.3) is 33.4 Å². The van der Waals surface area contributed by atoms with Gasteiger partial charge in [-0.25, -0.2) is 4.79 Å². The number of nitrogens with one attached hydrogen (secondary N) is 2. The number of carbonyl (C=O) groups excluding carboxylic acids is 3. The molecule has 2 atom stereocenters. The van der Waals surface area contributed by atoms with E-state index in [0.717, 1.165) is 51.6 Å². The summed E-state index contributed by atoms with van der Waals surface area (Å²) in [6.07, 6.45) is 1.60. The highest BCUT2D eigenvalue weighted by molar-refractivity contribution is 8.02. The van der Waals surface area contributed by atoms with E-state index < -0.39 is 28.0 Å². The second-order valence-corrected chi connectivity index (χ2v) is 19.0. The van der Waals surface area contributed by atoms with E-state index in [1.807, 2.05) is 79.7 Å². The minimum atomic E-state index is -1.21. The van der Waals surface area contributed by atoms with Crippen LogP contribution in [0, 0.1) is 6.92 Å². The number of rotatable bonds is 16. The third kappa shape index (κ3) is 9.20. The molecule has 70 heavy (non-hydrogen) atoms. The number of nitrogens with zero attached hydrogens (tertiary/aromatic N) is 1. The minimum absolute atomic E-state index is 0.0152. The fraction of sp³-hybridized carbons (Fsp3) is 0.204. The van der Waals surface area contributed by atoms with E-state index in [-0.39, 0.29) is 55.7 Å². The number of carbonyl (C=O) groups is 4. The number of carboxylic acid groups (broad SMARTS) is 1. The number of benzene rings is 6. The van der Waals surface area contributed by atoms with Crippen LogP contribution in [-0.2, 0) is 27.4 Å². The maximum atomic E-state index is 13.4. The molecule has 354 valence electrons. The number of nitrogen functional groups attached to an aromatic ring is 2. The average molecular weight is 958 g/mol. The molecule has 2 unspecified atom stereocenters. The highest BCUT2D eigenvalue weighted by Crippen LogP contribution is 2.62. The number of hydrogen-bond donors (Lipinski definition) is 5. The van der Waals surface area contributed by atoms with Gasteiger partial charge in [0.1, 0.15) is 65.5 Å². The first-order chi connectivity index (χ1) is 33.8. The number of ether oxygens (including phenoxy) is 3. The first kappa shape index (κ1) is 45.5. The Bertz CT molecular complexity index is 3260. The number of aryl methyl sites for hydroxylation is 1. The van der Waals surface area contributed by atoms with Gasteiger partial charge in [-0.1, -0.05) is 48.5 Å². The normalized spacial score (nSPS) is 16.6. The molecule has 1 saturated heterocycles. The molecule has 0 radical (unpaired) electrons. The largest absolute Gasteiger partial charge is 0.492 e. The molecule has 3 amide bonds. The van der Waals surface area contributed by atoms with Crippen LogP contribution in [0.1, 0.15) is 39.9 Å². The monoisotopic (exact) mass is 957 g/mol. The van der Waals surface area contributed by atoms with E-state index in [2.05, 4.69) is 10.6 Å². The van der Waals surface area contributed by atoms with Gasteiger partial charge in [-0.3, -0.25) is 24.1 Å². The Labute approximate surface area is 405 Å².